The standard InChI is InChI=1S/C21H15N3OS/c25-19-14-7-2-1-6-13(14)12-18(19)26-21-15(8-5-11-22-21)20-23-16-9-3-4-10-17(16)24-20/h1-11,18H,12H2,(H,23,24)/t18-/m0/s1. The van der Waals surface area contributed by atoms with Gasteiger partial charge in [-0.15, -0.1) is 0 Å². The monoisotopic (exact) mass is 357 g/mol. The molecular weight excluding hydrogens is 342 g/mol. The predicted molar refractivity (Wildman–Crippen MR) is 103 cm³/mol. The first-order valence-electron chi connectivity index (χ1n) is 8.48. The van der Waals surface area contributed by atoms with E-state index in [0.29, 0.717) is 0 Å². The van der Waals surface area contributed by atoms with Crippen LogP contribution in [0.1, 0.15) is 15.9 Å². The van der Waals surface area contributed by atoms with E-state index < -0.39 is 0 Å². The van der Waals surface area contributed by atoms with Gasteiger partial charge in [0.2, 0.25) is 0 Å². The zero-order valence-electron chi connectivity index (χ0n) is 13.8. The molecular formula is C21H15N3OS. The third-order valence-corrected chi connectivity index (χ3v) is 5.86. The first kappa shape index (κ1) is 15.3. The van der Waals surface area contributed by atoms with E-state index in [1.807, 2.05) is 60.7 Å². The minimum absolute atomic E-state index is 0.134. The Kier molecular flexibility index (Phi) is 3.60. The highest BCUT2D eigenvalue weighted by Crippen LogP contribution is 2.37. The summed E-state index contributed by atoms with van der Waals surface area (Å²) in [5.74, 6) is 0.969. The molecule has 1 aliphatic carbocycles. The van der Waals surface area contributed by atoms with Crippen molar-refractivity contribution in [2.24, 2.45) is 0 Å². The van der Waals surface area contributed by atoms with Crippen LogP contribution in [0, 0.1) is 0 Å². The zero-order valence-corrected chi connectivity index (χ0v) is 14.7. The summed E-state index contributed by atoms with van der Waals surface area (Å²) in [6.45, 7) is 0. The molecule has 0 unspecified atom stereocenters. The van der Waals surface area contributed by atoms with Crippen LogP contribution in [0.5, 0.6) is 0 Å². The van der Waals surface area contributed by atoms with Gasteiger partial charge in [0.1, 0.15) is 10.9 Å². The number of nitrogens with one attached hydrogen (secondary N) is 1. The largest absolute Gasteiger partial charge is 0.338 e. The van der Waals surface area contributed by atoms with Crippen molar-refractivity contribution in [1.82, 2.24) is 15.0 Å². The fourth-order valence-corrected chi connectivity index (χ4v) is 4.56. The molecule has 1 atom stereocenters. The van der Waals surface area contributed by atoms with Gasteiger partial charge < -0.3 is 4.98 Å². The highest BCUT2D eigenvalue weighted by Gasteiger charge is 2.32. The molecule has 0 fully saturated rings. The molecule has 2 heterocycles. The molecule has 2 aromatic heterocycles. The summed E-state index contributed by atoms with van der Waals surface area (Å²) in [7, 11) is 0. The van der Waals surface area contributed by atoms with E-state index in [1.54, 1.807) is 6.20 Å². The number of benzene rings is 2. The fourth-order valence-electron chi connectivity index (χ4n) is 3.38. The maximum absolute atomic E-state index is 12.7. The van der Waals surface area contributed by atoms with E-state index in [-0.39, 0.29) is 11.0 Å². The maximum Gasteiger partial charge on any atom is 0.176 e. The smallest absolute Gasteiger partial charge is 0.176 e. The van der Waals surface area contributed by atoms with Gasteiger partial charge in [-0.2, -0.15) is 0 Å². The SMILES string of the molecule is O=C1c2ccccc2C[C@@H]1Sc1ncccc1-c1nc2ccccc2[nH]1. The number of carbonyl (C=O) groups excluding carboxylic acids is 1. The lowest BCUT2D eigenvalue weighted by Gasteiger charge is -2.10. The van der Waals surface area contributed by atoms with Crippen LogP contribution in [0.4, 0.5) is 0 Å². The Morgan fingerprint density at radius 3 is 2.65 bits per heavy atom. The molecule has 126 valence electrons. The summed E-state index contributed by atoms with van der Waals surface area (Å²) >= 11 is 1.53. The Labute approximate surface area is 154 Å². The van der Waals surface area contributed by atoms with Crippen LogP contribution < -0.4 is 0 Å². The minimum Gasteiger partial charge on any atom is -0.338 e. The van der Waals surface area contributed by atoms with Crippen molar-refractivity contribution in [3.8, 4) is 11.4 Å². The summed E-state index contributed by atoms with van der Waals surface area (Å²) in [6, 6.07) is 19.7. The second-order valence-electron chi connectivity index (χ2n) is 6.29. The van der Waals surface area contributed by atoms with Crippen LogP contribution in [-0.4, -0.2) is 26.0 Å². The van der Waals surface area contributed by atoms with Crippen molar-refractivity contribution in [3.05, 3.63) is 78.0 Å². The van der Waals surface area contributed by atoms with Crippen molar-refractivity contribution in [2.75, 3.05) is 0 Å². The van der Waals surface area contributed by atoms with E-state index in [2.05, 4.69) is 15.0 Å². The molecule has 5 heteroatoms. The van der Waals surface area contributed by atoms with Gasteiger partial charge in [-0.25, -0.2) is 9.97 Å². The summed E-state index contributed by atoms with van der Waals surface area (Å²) in [5.41, 5.74) is 4.80. The lowest BCUT2D eigenvalue weighted by atomic mass is 10.1. The number of Topliss-reactive ketones (excluding diaryl/α,β-unsaturated/α-hetero) is 1. The van der Waals surface area contributed by atoms with Gasteiger partial charge in [0.15, 0.2) is 5.78 Å². The van der Waals surface area contributed by atoms with Crippen molar-refractivity contribution in [1.29, 1.82) is 0 Å². The summed E-state index contributed by atoms with van der Waals surface area (Å²) in [6.07, 6.45) is 2.51. The van der Waals surface area contributed by atoms with Gasteiger partial charge in [0, 0.05) is 17.3 Å². The first-order chi connectivity index (χ1) is 12.8. The van der Waals surface area contributed by atoms with E-state index in [9.17, 15) is 4.79 Å². The van der Waals surface area contributed by atoms with Crippen molar-refractivity contribution >= 4 is 28.6 Å². The highest BCUT2D eigenvalue weighted by molar-refractivity contribution is 8.00. The van der Waals surface area contributed by atoms with Gasteiger partial charge >= 0.3 is 0 Å². The van der Waals surface area contributed by atoms with Crippen LogP contribution in [0.2, 0.25) is 0 Å². The molecule has 4 aromatic rings. The lowest BCUT2D eigenvalue weighted by molar-refractivity contribution is 0.1000. The number of hydrogen-bond acceptors (Lipinski definition) is 4. The molecule has 0 saturated carbocycles. The normalized spacial score (nSPS) is 16.2. The zero-order chi connectivity index (χ0) is 17.5. The molecule has 1 aliphatic rings. The van der Waals surface area contributed by atoms with E-state index in [1.165, 1.54) is 11.8 Å². The van der Waals surface area contributed by atoms with E-state index in [4.69, 9.17) is 0 Å². The first-order valence-corrected chi connectivity index (χ1v) is 9.36. The minimum atomic E-state index is -0.134. The summed E-state index contributed by atoms with van der Waals surface area (Å²) < 4.78 is 0. The van der Waals surface area contributed by atoms with Gasteiger partial charge in [-0.05, 0) is 36.2 Å². The van der Waals surface area contributed by atoms with E-state index in [0.717, 1.165) is 45.0 Å². The number of thioether (sulfide) groups is 1. The Morgan fingerprint density at radius 1 is 0.962 bits per heavy atom. The molecule has 26 heavy (non-hydrogen) atoms. The molecule has 4 nitrogen and oxygen atoms in total. The Bertz CT molecular complexity index is 1100. The molecule has 0 saturated heterocycles. The number of ketones is 1. The number of fused-ring (bicyclic) bond motifs is 2. The van der Waals surface area contributed by atoms with Crippen LogP contribution >= 0.6 is 11.8 Å². The summed E-state index contributed by atoms with van der Waals surface area (Å²) in [4.78, 5) is 25.3. The fraction of sp³-hybridized carbons (Fsp3) is 0.0952. The van der Waals surface area contributed by atoms with Gasteiger partial charge in [0.25, 0.3) is 0 Å². The molecule has 2 aromatic carbocycles. The van der Waals surface area contributed by atoms with Crippen LogP contribution in [0.15, 0.2) is 71.9 Å². The number of aromatic amines is 1. The van der Waals surface area contributed by atoms with Crippen LogP contribution in [0.3, 0.4) is 0 Å². The third-order valence-electron chi connectivity index (χ3n) is 4.65. The Balaban J connectivity index is 1.51. The van der Waals surface area contributed by atoms with Gasteiger partial charge in [-0.3, -0.25) is 4.79 Å². The highest BCUT2D eigenvalue weighted by atomic mass is 32.2. The topological polar surface area (TPSA) is 58.6 Å². The number of imidazole rings is 1. The molecule has 0 radical (unpaired) electrons. The average Bonchev–Trinajstić information content (AvgIpc) is 3.24. The predicted octanol–water partition coefficient (Wildman–Crippen LogP) is 4.52. The molecule has 0 aliphatic heterocycles. The maximum atomic E-state index is 12.7. The molecule has 0 spiro atoms. The number of aromatic nitrogens is 3. The van der Waals surface area contributed by atoms with Crippen LogP contribution in [0.25, 0.3) is 22.4 Å². The molecule has 0 amide bonds. The third kappa shape index (κ3) is 2.52. The molecule has 5 rings (SSSR count). The average molecular weight is 357 g/mol. The lowest BCUT2D eigenvalue weighted by Crippen LogP contribution is -2.11. The van der Waals surface area contributed by atoms with Gasteiger partial charge in [0.05, 0.1) is 16.3 Å². The van der Waals surface area contributed by atoms with Crippen molar-refractivity contribution in [3.63, 3.8) is 0 Å². The number of nitrogens with zero attached hydrogens (tertiary/aromatic N) is 2. The van der Waals surface area contributed by atoms with Gasteiger partial charge in [-0.1, -0.05) is 48.2 Å². The summed E-state index contributed by atoms with van der Waals surface area (Å²) in [5, 5.41) is 0.697. The molecule has 1 N–H and O–H groups in total. The number of H-pyrrole nitrogens is 1. The molecule has 0 bridgehead atoms. The number of carbonyl (C=O) groups is 1. The number of para-hydroxylation sites is 2. The number of pyridine rings is 1. The quantitative estimate of drug-likeness (QED) is 0.585. The van der Waals surface area contributed by atoms with Crippen LogP contribution in [-0.2, 0) is 6.42 Å². The van der Waals surface area contributed by atoms with Crippen molar-refractivity contribution < 1.29 is 4.79 Å². The Morgan fingerprint density at radius 2 is 1.77 bits per heavy atom. The Hall–Kier alpha value is -2.92. The van der Waals surface area contributed by atoms with E-state index >= 15 is 0 Å². The number of rotatable bonds is 3. The second-order valence-corrected chi connectivity index (χ2v) is 7.48. The second kappa shape index (κ2) is 6.11. The van der Waals surface area contributed by atoms with Crippen molar-refractivity contribution in [2.45, 2.75) is 16.7 Å². The number of hydrogen-bond donors (Lipinski definition) is 1.